The molecule has 0 saturated heterocycles. The molecule has 0 unspecified atom stereocenters. The molecule has 5 N–H and O–H groups in total. The van der Waals surface area contributed by atoms with Crippen molar-refractivity contribution in [1.82, 2.24) is 10.6 Å². The Labute approximate surface area is 202 Å². The Morgan fingerprint density at radius 2 is 1.69 bits per heavy atom. The number of nitrogens with one attached hydrogen (secondary N) is 3. The molecule has 0 aliphatic carbocycles. The van der Waals surface area contributed by atoms with Gasteiger partial charge in [-0.1, -0.05) is 12.1 Å². The first kappa shape index (κ1) is 24.5. The lowest BCUT2D eigenvalue weighted by atomic mass is 10.0. The highest BCUT2D eigenvalue weighted by Crippen LogP contribution is 2.34. The maximum atomic E-state index is 13.2. The van der Waals surface area contributed by atoms with Crippen LogP contribution in [0.2, 0.25) is 0 Å². The molecule has 1 aliphatic rings. The number of carbonyl (C=O) groups is 3. The van der Waals surface area contributed by atoms with Crippen LogP contribution in [-0.2, 0) is 17.5 Å². The number of rotatable bonds is 5. The Kier molecular flexibility index (Phi) is 6.47. The first-order valence-corrected chi connectivity index (χ1v) is 10.5. The van der Waals surface area contributed by atoms with Crippen LogP contribution < -0.4 is 21.7 Å². The van der Waals surface area contributed by atoms with Crippen LogP contribution in [0.1, 0.15) is 37.4 Å². The third-order valence-electron chi connectivity index (χ3n) is 5.35. The van der Waals surface area contributed by atoms with Gasteiger partial charge in [0.25, 0.3) is 11.8 Å². The van der Waals surface area contributed by atoms with Gasteiger partial charge in [0.1, 0.15) is 5.82 Å². The van der Waals surface area contributed by atoms with Gasteiger partial charge in [0.2, 0.25) is 5.91 Å². The quantitative estimate of drug-likeness (QED) is 0.241. The average molecular weight is 498 g/mol. The van der Waals surface area contributed by atoms with Crippen molar-refractivity contribution in [1.29, 1.82) is 0 Å². The molecular weight excluding hydrogens is 480 g/mol. The Hall–Kier alpha value is -4.67. The van der Waals surface area contributed by atoms with E-state index in [9.17, 15) is 31.9 Å². The van der Waals surface area contributed by atoms with Crippen LogP contribution in [0.4, 0.5) is 28.9 Å². The Balaban J connectivity index is 1.39. The first-order valence-electron chi connectivity index (χ1n) is 10.5. The highest BCUT2D eigenvalue weighted by molar-refractivity contribution is 6.12. The number of hydrogen-bond donors (Lipinski definition) is 4. The molecule has 0 aromatic heterocycles. The average Bonchev–Trinajstić information content (AvgIpc) is 3.13. The molecule has 1 aliphatic heterocycles. The van der Waals surface area contributed by atoms with E-state index in [0.717, 1.165) is 36.4 Å². The van der Waals surface area contributed by atoms with Gasteiger partial charge in [-0.3, -0.25) is 14.4 Å². The van der Waals surface area contributed by atoms with E-state index in [0.29, 0.717) is 11.1 Å². The van der Waals surface area contributed by atoms with Crippen LogP contribution in [0.5, 0.6) is 0 Å². The molecule has 3 aromatic carbocycles. The summed E-state index contributed by atoms with van der Waals surface area (Å²) < 4.78 is 52.2. The zero-order chi connectivity index (χ0) is 26.0. The van der Waals surface area contributed by atoms with Gasteiger partial charge in [-0.15, -0.1) is 0 Å². The predicted molar refractivity (Wildman–Crippen MR) is 124 cm³/mol. The molecule has 0 saturated carbocycles. The fourth-order valence-corrected chi connectivity index (χ4v) is 3.50. The van der Waals surface area contributed by atoms with Crippen molar-refractivity contribution in [3.63, 3.8) is 0 Å². The zero-order valence-corrected chi connectivity index (χ0v) is 18.4. The number of fused-ring (bicyclic) bond motifs is 1. The fourth-order valence-electron chi connectivity index (χ4n) is 3.50. The van der Waals surface area contributed by atoms with Gasteiger partial charge >= 0.3 is 6.18 Å². The lowest BCUT2D eigenvalue weighted by Gasteiger charge is -2.09. The van der Waals surface area contributed by atoms with Crippen molar-refractivity contribution in [2.75, 3.05) is 11.1 Å². The zero-order valence-electron chi connectivity index (χ0n) is 18.4. The number of hydrogen-bond acceptors (Lipinski definition) is 4. The van der Waals surface area contributed by atoms with Gasteiger partial charge in [-0.2, -0.15) is 13.2 Å². The standard InChI is InChI=1S/C25H18F4N4O3/c26-16-6-8-20(19(30)10-16)32-23(35)14-3-1-13(2-4-14)12-31-22(34)11-21-18-9-15(25(27,28)29)5-7-17(18)24(36)33-21/h1-11H,12,30H2,(H,31,34)(H,32,35)(H,33,36)/b21-11-. The summed E-state index contributed by atoms with van der Waals surface area (Å²) in [5.74, 6) is -2.24. The van der Waals surface area contributed by atoms with E-state index in [1.165, 1.54) is 18.2 Å². The van der Waals surface area contributed by atoms with E-state index in [1.54, 1.807) is 12.1 Å². The maximum Gasteiger partial charge on any atom is 0.416 e. The highest BCUT2D eigenvalue weighted by Gasteiger charge is 2.34. The molecule has 4 rings (SSSR count). The van der Waals surface area contributed by atoms with Crippen LogP contribution in [-0.4, -0.2) is 17.7 Å². The summed E-state index contributed by atoms with van der Waals surface area (Å²) in [7, 11) is 0. The molecule has 0 radical (unpaired) electrons. The van der Waals surface area contributed by atoms with Gasteiger partial charge in [-0.25, -0.2) is 4.39 Å². The molecule has 0 fully saturated rings. The van der Waals surface area contributed by atoms with Gasteiger partial charge < -0.3 is 21.7 Å². The minimum Gasteiger partial charge on any atom is -0.397 e. The molecule has 7 nitrogen and oxygen atoms in total. The third kappa shape index (κ3) is 5.35. The van der Waals surface area contributed by atoms with E-state index < -0.39 is 35.3 Å². The summed E-state index contributed by atoms with van der Waals surface area (Å²) in [6.07, 6.45) is -3.58. The second-order valence-electron chi connectivity index (χ2n) is 7.87. The van der Waals surface area contributed by atoms with E-state index >= 15 is 0 Å². The number of nitrogen functional groups attached to an aromatic ring is 1. The normalized spacial score (nSPS) is 13.8. The second-order valence-corrected chi connectivity index (χ2v) is 7.87. The van der Waals surface area contributed by atoms with Gasteiger partial charge in [-0.05, 0) is 54.1 Å². The second kappa shape index (κ2) is 9.53. The number of halogens is 4. The number of anilines is 2. The number of carbonyl (C=O) groups excluding carboxylic acids is 3. The van der Waals surface area contributed by atoms with E-state index in [1.807, 2.05) is 0 Å². The van der Waals surface area contributed by atoms with Crippen molar-refractivity contribution in [3.8, 4) is 0 Å². The van der Waals surface area contributed by atoms with Gasteiger partial charge in [0.15, 0.2) is 0 Å². The van der Waals surface area contributed by atoms with Crippen LogP contribution in [0.15, 0.2) is 66.7 Å². The molecule has 0 bridgehead atoms. The minimum atomic E-state index is -4.59. The summed E-state index contributed by atoms with van der Waals surface area (Å²) in [6, 6.07) is 12.5. The summed E-state index contributed by atoms with van der Waals surface area (Å²) in [6.45, 7) is 0.0544. The van der Waals surface area contributed by atoms with Crippen LogP contribution in [0.25, 0.3) is 5.70 Å². The topological polar surface area (TPSA) is 113 Å². The minimum absolute atomic E-state index is 0.0119. The lowest BCUT2D eigenvalue weighted by molar-refractivity contribution is -0.137. The Morgan fingerprint density at radius 3 is 2.36 bits per heavy atom. The van der Waals surface area contributed by atoms with Crippen LogP contribution >= 0.6 is 0 Å². The number of benzene rings is 3. The number of nitrogens with two attached hydrogens (primary N) is 1. The van der Waals surface area contributed by atoms with Gasteiger partial charge in [0.05, 0.1) is 22.6 Å². The lowest BCUT2D eigenvalue weighted by Crippen LogP contribution is -2.22. The van der Waals surface area contributed by atoms with Crippen LogP contribution in [0.3, 0.4) is 0 Å². The van der Waals surface area contributed by atoms with Crippen LogP contribution in [0, 0.1) is 5.82 Å². The molecule has 1 heterocycles. The number of amides is 3. The molecule has 0 spiro atoms. The van der Waals surface area contributed by atoms with Crippen molar-refractivity contribution >= 4 is 34.8 Å². The van der Waals surface area contributed by atoms with Crippen molar-refractivity contribution in [3.05, 3.63) is 100 Å². The molecule has 3 aromatic rings. The van der Waals surface area contributed by atoms with Crippen molar-refractivity contribution < 1.29 is 31.9 Å². The third-order valence-corrected chi connectivity index (χ3v) is 5.35. The smallest absolute Gasteiger partial charge is 0.397 e. The fraction of sp³-hybridized carbons (Fsp3) is 0.0800. The molecule has 184 valence electrons. The maximum absolute atomic E-state index is 13.2. The molecule has 0 atom stereocenters. The molecule has 3 amide bonds. The predicted octanol–water partition coefficient (Wildman–Crippen LogP) is 4.08. The van der Waals surface area contributed by atoms with Gasteiger partial charge in [0, 0.05) is 29.3 Å². The van der Waals surface area contributed by atoms with E-state index in [2.05, 4.69) is 16.0 Å². The molecule has 36 heavy (non-hydrogen) atoms. The summed E-state index contributed by atoms with van der Waals surface area (Å²) >= 11 is 0. The van der Waals surface area contributed by atoms with E-state index in [-0.39, 0.29) is 34.7 Å². The largest absolute Gasteiger partial charge is 0.416 e. The summed E-state index contributed by atoms with van der Waals surface area (Å²) in [4.78, 5) is 36.7. The molecular formula is C25H18F4N4O3. The molecule has 11 heteroatoms. The highest BCUT2D eigenvalue weighted by atomic mass is 19.4. The van der Waals surface area contributed by atoms with Crippen molar-refractivity contribution in [2.45, 2.75) is 12.7 Å². The summed E-state index contributed by atoms with van der Waals surface area (Å²) in [5.41, 5.74) is 6.00. The van der Waals surface area contributed by atoms with Crippen molar-refractivity contribution in [2.24, 2.45) is 0 Å². The summed E-state index contributed by atoms with van der Waals surface area (Å²) in [5, 5.41) is 7.55. The van der Waals surface area contributed by atoms with E-state index in [4.69, 9.17) is 5.73 Å². The monoisotopic (exact) mass is 498 g/mol. The first-order chi connectivity index (χ1) is 17.0. The Morgan fingerprint density at radius 1 is 0.972 bits per heavy atom. The Bertz CT molecular complexity index is 1400. The number of alkyl halides is 3. The SMILES string of the molecule is Nc1cc(F)ccc1NC(=O)c1ccc(CNC(=O)/C=C2\NC(=O)c3ccc(C(F)(F)F)cc32)cc1.